The second kappa shape index (κ2) is 5.20. The molecular formula is C13H10F3N3O. The summed E-state index contributed by atoms with van der Waals surface area (Å²) in [4.78, 5) is 15.1. The van der Waals surface area contributed by atoms with Crippen LogP contribution in [0.3, 0.4) is 0 Å². The van der Waals surface area contributed by atoms with Crippen molar-refractivity contribution in [2.45, 2.75) is 6.18 Å². The molecule has 0 aliphatic carbocycles. The molecule has 1 heterocycles. The second-order valence-electron chi connectivity index (χ2n) is 3.96. The number of nitrogens with zero attached hydrogens (tertiary/aromatic N) is 1. The first-order valence-corrected chi connectivity index (χ1v) is 5.57. The van der Waals surface area contributed by atoms with Gasteiger partial charge in [-0.15, -0.1) is 0 Å². The number of carbonyl (C=O) groups is 1. The molecule has 0 saturated heterocycles. The summed E-state index contributed by atoms with van der Waals surface area (Å²) >= 11 is 0. The standard InChI is InChI=1S/C13H10F3N3O/c14-13(15,16)8-3-5-9(6-4-8)19-12-10(11(17)20)2-1-7-18-12/h1-7H,(H2,17,20)(H,18,19). The Morgan fingerprint density at radius 2 is 1.80 bits per heavy atom. The molecule has 3 N–H and O–H groups in total. The fraction of sp³-hybridized carbons (Fsp3) is 0.0769. The van der Waals surface area contributed by atoms with E-state index in [0.29, 0.717) is 5.69 Å². The number of pyridine rings is 1. The topological polar surface area (TPSA) is 68.0 Å². The predicted molar refractivity (Wildman–Crippen MR) is 67.5 cm³/mol. The van der Waals surface area contributed by atoms with Gasteiger partial charge in [0.05, 0.1) is 11.1 Å². The third-order valence-electron chi connectivity index (χ3n) is 2.55. The van der Waals surface area contributed by atoms with Crippen LogP contribution in [0.4, 0.5) is 24.7 Å². The molecule has 2 rings (SSSR count). The Morgan fingerprint density at radius 1 is 1.15 bits per heavy atom. The van der Waals surface area contributed by atoms with E-state index in [1.807, 2.05) is 0 Å². The lowest BCUT2D eigenvalue weighted by Gasteiger charge is -2.10. The van der Waals surface area contributed by atoms with E-state index in [2.05, 4.69) is 10.3 Å². The summed E-state index contributed by atoms with van der Waals surface area (Å²) in [5, 5.41) is 2.75. The summed E-state index contributed by atoms with van der Waals surface area (Å²) in [6.07, 6.45) is -2.94. The van der Waals surface area contributed by atoms with Crippen molar-refractivity contribution < 1.29 is 18.0 Å². The molecule has 7 heteroatoms. The lowest BCUT2D eigenvalue weighted by atomic mass is 10.2. The van der Waals surface area contributed by atoms with Crippen molar-refractivity contribution in [3.05, 3.63) is 53.7 Å². The van der Waals surface area contributed by atoms with Crippen molar-refractivity contribution in [2.75, 3.05) is 5.32 Å². The third-order valence-corrected chi connectivity index (χ3v) is 2.55. The Morgan fingerprint density at radius 3 is 2.35 bits per heavy atom. The number of amides is 1. The summed E-state index contributed by atoms with van der Waals surface area (Å²) in [6.45, 7) is 0. The van der Waals surface area contributed by atoms with Gasteiger partial charge in [0.15, 0.2) is 0 Å². The van der Waals surface area contributed by atoms with Crippen LogP contribution in [0.5, 0.6) is 0 Å². The lowest BCUT2D eigenvalue weighted by molar-refractivity contribution is -0.137. The van der Waals surface area contributed by atoms with Crippen LogP contribution in [-0.4, -0.2) is 10.9 Å². The summed E-state index contributed by atoms with van der Waals surface area (Å²) in [6, 6.07) is 7.40. The lowest BCUT2D eigenvalue weighted by Crippen LogP contribution is -2.14. The van der Waals surface area contributed by atoms with Gasteiger partial charge >= 0.3 is 6.18 Å². The van der Waals surface area contributed by atoms with E-state index in [1.165, 1.54) is 30.5 Å². The molecule has 0 aliphatic rings. The first kappa shape index (κ1) is 13.9. The molecule has 4 nitrogen and oxygen atoms in total. The number of primary amides is 1. The summed E-state index contributed by atoms with van der Waals surface area (Å²) < 4.78 is 37.3. The molecule has 0 atom stereocenters. The number of nitrogens with two attached hydrogens (primary N) is 1. The van der Waals surface area contributed by atoms with E-state index >= 15 is 0 Å². The smallest absolute Gasteiger partial charge is 0.365 e. The zero-order valence-corrected chi connectivity index (χ0v) is 10.1. The number of aromatic nitrogens is 1. The van der Waals surface area contributed by atoms with Gasteiger partial charge in [-0.1, -0.05) is 0 Å². The molecule has 20 heavy (non-hydrogen) atoms. The SMILES string of the molecule is NC(=O)c1cccnc1Nc1ccc(C(F)(F)F)cc1. The maximum Gasteiger partial charge on any atom is 0.416 e. The van der Waals surface area contributed by atoms with Gasteiger partial charge in [-0.25, -0.2) is 4.98 Å². The Bertz CT molecular complexity index is 624. The zero-order valence-electron chi connectivity index (χ0n) is 10.1. The first-order valence-electron chi connectivity index (χ1n) is 5.57. The molecule has 0 bridgehead atoms. The minimum Gasteiger partial charge on any atom is -0.365 e. The zero-order chi connectivity index (χ0) is 14.8. The third kappa shape index (κ3) is 3.05. The maximum atomic E-state index is 12.4. The van der Waals surface area contributed by atoms with E-state index in [9.17, 15) is 18.0 Å². The number of hydrogen-bond acceptors (Lipinski definition) is 3. The number of rotatable bonds is 3. The Balaban J connectivity index is 2.25. The average molecular weight is 281 g/mol. The Labute approximate surface area is 112 Å². The average Bonchev–Trinajstić information content (AvgIpc) is 2.38. The Hall–Kier alpha value is -2.57. The van der Waals surface area contributed by atoms with Crippen molar-refractivity contribution in [3.8, 4) is 0 Å². The highest BCUT2D eigenvalue weighted by Crippen LogP contribution is 2.30. The van der Waals surface area contributed by atoms with Crippen LogP contribution in [0.2, 0.25) is 0 Å². The van der Waals surface area contributed by atoms with Gasteiger partial charge in [0, 0.05) is 11.9 Å². The highest BCUT2D eigenvalue weighted by atomic mass is 19.4. The molecule has 0 fully saturated rings. The van der Waals surface area contributed by atoms with Gasteiger partial charge in [-0.2, -0.15) is 13.2 Å². The first-order chi connectivity index (χ1) is 9.38. The molecule has 1 aromatic heterocycles. The number of hydrogen-bond donors (Lipinski definition) is 2. The molecule has 1 amide bonds. The maximum absolute atomic E-state index is 12.4. The van der Waals surface area contributed by atoms with E-state index in [1.54, 1.807) is 0 Å². The van der Waals surface area contributed by atoms with E-state index < -0.39 is 17.6 Å². The summed E-state index contributed by atoms with van der Waals surface area (Å²) in [7, 11) is 0. The van der Waals surface area contributed by atoms with Gasteiger partial charge in [0.2, 0.25) is 0 Å². The van der Waals surface area contributed by atoms with Crippen molar-refractivity contribution in [3.63, 3.8) is 0 Å². The van der Waals surface area contributed by atoms with E-state index in [4.69, 9.17) is 5.73 Å². The number of anilines is 2. The monoisotopic (exact) mass is 281 g/mol. The van der Waals surface area contributed by atoms with Crippen LogP contribution >= 0.6 is 0 Å². The number of carbonyl (C=O) groups excluding carboxylic acids is 1. The van der Waals surface area contributed by atoms with E-state index in [-0.39, 0.29) is 11.4 Å². The van der Waals surface area contributed by atoms with Gasteiger partial charge in [0.1, 0.15) is 5.82 Å². The van der Waals surface area contributed by atoms with Crippen LogP contribution < -0.4 is 11.1 Å². The molecule has 0 unspecified atom stereocenters. The minimum atomic E-state index is -4.39. The number of halogens is 3. The van der Waals surface area contributed by atoms with E-state index in [0.717, 1.165) is 12.1 Å². The summed E-state index contributed by atoms with van der Waals surface area (Å²) in [5.74, 6) is -0.479. The van der Waals surface area contributed by atoms with Gasteiger partial charge in [-0.05, 0) is 36.4 Å². The van der Waals surface area contributed by atoms with Crippen LogP contribution in [0.25, 0.3) is 0 Å². The van der Waals surface area contributed by atoms with Crippen molar-refractivity contribution >= 4 is 17.4 Å². The van der Waals surface area contributed by atoms with Crippen LogP contribution in [-0.2, 0) is 6.18 Å². The number of benzene rings is 1. The fourth-order valence-electron chi connectivity index (χ4n) is 1.58. The van der Waals surface area contributed by atoms with Crippen LogP contribution in [0, 0.1) is 0 Å². The minimum absolute atomic E-state index is 0.160. The predicted octanol–water partition coefficient (Wildman–Crippen LogP) is 2.94. The van der Waals surface area contributed by atoms with Crippen molar-refractivity contribution in [1.29, 1.82) is 0 Å². The molecule has 0 aliphatic heterocycles. The molecule has 2 aromatic rings. The molecule has 1 aromatic carbocycles. The Kier molecular flexibility index (Phi) is 3.60. The quantitative estimate of drug-likeness (QED) is 0.908. The summed E-state index contributed by atoms with van der Waals surface area (Å²) in [5.41, 5.74) is 4.96. The second-order valence-corrected chi connectivity index (χ2v) is 3.96. The number of nitrogens with one attached hydrogen (secondary N) is 1. The highest BCUT2D eigenvalue weighted by Gasteiger charge is 2.29. The van der Waals surface area contributed by atoms with Gasteiger partial charge < -0.3 is 11.1 Å². The highest BCUT2D eigenvalue weighted by molar-refractivity contribution is 5.98. The number of alkyl halides is 3. The molecule has 0 spiro atoms. The van der Waals surface area contributed by atoms with Crippen molar-refractivity contribution in [2.24, 2.45) is 5.73 Å². The van der Waals surface area contributed by atoms with Crippen LogP contribution in [0.1, 0.15) is 15.9 Å². The van der Waals surface area contributed by atoms with Gasteiger partial charge in [0.25, 0.3) is 5.91 Å². The van der Waals surface area contributed by atoms with Gasteiger partial charge in [-0.3, -0.25) is 4.79 Å². The molecule has 0 saturated carbocycles. The normalized spacial score (nSPS) is 11.2. The molecular weight excluding hydrogens is 271 g/mol. The van der Waals surface area contributed by atoms with Crippen LogP contribution in [0.15, 0.2) is 42.6 Å². The molecule has 104 valence electrons. The molecule has 0 radical (unpaired) electrons. The largest absolute Gasteiger partial charge is 0.416 e. The fourth-order valence-corrected chi connectivity index (χ4v) is 1.58. The van der Waals surface area contributed by atoms with Crippen molar-refractivity contribution in [1.82, 2.24) is 4.98 Å².